The first-order chi connectivity index (χ1) is 22.0. The first-order valence-electron chi connectivity index (χ1n) is 16.9. The van der Waals surface area contributed by atoms with Crippen molar-refractivity contribution in [2.75, 3.05) is 38.0 Å². The van der Waals surface area contributed by atoms with E-state index in [9.17, 15) is 9.59 Å². The molecule has 3 aliphatic rings. The molecular formula is C38H49N3O4Si. The summed E-state index contributed by atoms with van der Waals surface area (Å²) in [5, 5.41) is 3.16. The number of hydrogen-bond donors (Lipinski definition) is 1. The Kier molecular flexibility index (Phi) is 9.42. The minimum atomic E-state index is -1.82. The van der Waals surface area contributed by atoms with Gasteiger partial charge in [0.05, 0.1) is 12.3 Å². The van der Waals surface area contributed by atoms with Gasteiger partial charge >= 0.3 is 6.09 Å². The van der Waals surface area contributed by atoms with E-state index in [-0.39, 0.29) is 23.1 Å². The summed E-state index contributed by atoms with van der Waals surface area (Å²) in [6.45, 7) is 16.3. The molecule has 0 aromatic heterocycles. The van der Waals surface area contributed by atoms with Crippen LogP contribution in [0.5, 0.6) is 0 Å². The Morgan fingerprint density at radius 2 is 1.61 bits per heavy atom. The number of nitrogens with one attached hydrogen (secondary N) is 1. The first kappa shape index (κ1) is 32.5. The summed E-state index contributed by atoms with van der Waals surface area (Å²) in [5.41, 5.74) is 5.93. The van der Waals surface area contributed by atoms with Crippen LogP contribution in [0.1, 0.15) is 55.1 Å². The standard InChI is InChI=1S/C38H49N3O4Si/c1-38(2,3)46(4,5)44-26-27-15-16-34-29(21-27)17-18-41(36(34)42)20-19-40-24-30-22-32(23-31(30)25-40)45-37(43)39-35-14-10-9-13-33(35)28-11-7-6-8-12-28/h6-16,21,30-32H,17-20,22-26H2,1-5H3,(H,39,43)/t30-,31+,32+. The second-order valence-electron chi connectivity index (χ2n) is 14.9. The molecule has 6 rings (SSSR count). The van der Waals surface area contributed by atoms with Gasteiger partial charge in [-0.25, -0.2) is 4.79 Å². The van der Waals surface area contributed by atoms with E-state index >= 15 is 0 Å². The number of fused-ring (bicyclic) bond motifs is 2. The molecule has 1 N–H and O–H groups in total. The van der Waals surface area contributed by atoms with Gasteiger partial charge in [-0.05, 0) is 78.1 Å². The van der Waals surface area contributed by atoms with Gasteiger partial charge < -0.3 is 19.0 Å². The van der Waals surface area contributed by atoms with E-state index in [1.165, 1.54) is 0 Å². The van der Waals surface area contributed by atoms with Crippen molar-refractivity contribution in [3.05, 3.63) is 89.5 Å². The van der Waals surface area contributed by atoms with Gasteiger partial charge in [0, 0.05) is 43.9 Å². The average molecular weight is 640 g/mol. The predicted octanol–water partition coefficient (Wildman–Crippen LogP) is 7.83. The molecule has 1 saturated heterocycles. The minimum absolute atomic E-state index is 0.0571. The van der Waals surface area contributed by atoms with Crippen LogP contribution in [0.4, 0.5) is 10.5 Å². The van der Waals surface area contributed by atoms with Gasteiger partial charge in [-0.3, -0.25) is 10.1 Å². The van der Waals surface area contributed by atoms with Crippen molar-refractivity contribution < 1.29 is 18.8 Å². The van der Waals surface area contributed by atoms with E-state index in [1.54, 1.807) is 0 Å². The number of hydrogen-bond acceptors (Lipinski definition) is 5. The van der Waals surface area contributed by atoms with Crippen LogP contribution in [0.15, 0.2) is 72.8 Å². The molecule has 8 heteroatoms. The van der Waals surface area contributed by atoms with Gasteiger partial charge in [-0.2, -0.15) is 0 Å². The fraction of sp³-hybridized carbons (Fsp3) is 0.474. The van der Waals surface area contributed by atoms with E-state index in [4.69, 9.17) is 9.16 Å². The topological polar surface area (TPSA) is 71.1 Å². The number of likely N-dealkylation sites (tertiary alicyclic amines) is 1. The third-order valence-electron chi connectivity index (χ3n) is 10.7. The maximum Gasteiger partial charge on any atom is 0.411 e. The molecule has 0 spiro atoms. The number of nitrogens with zero attached hydrogens (tertiary/aromatic N) is 2. The van der Waals surface area contributed by atoms with Crippen LogP contribution in [-0.2, 0) is 22.2 Å². The molecule has 2 fully saturated rings. The third-order valence-corrected chi connectivity index (χ3v) is 15.2. The van der Waals surface area contributed by atoms with Gasteiger partial charge in [0.25, 0.3) is 5.91 Å². The summed E-state index contributed by atoms with van der Waals surface area (Å²) in [5.74, 6) is 1.20. The van der Waals surface area contributed by atoms with E-state index in [1.807, 2.05) is 65.6 Å². The van der Waals surface area contributed by atoms with E-state index in [0.717, 1.165) is 85.5 Å². The minimum Gasteiger partial charge on any atom is -0.446 e. The molecule has 244 valence electrons. The van der Waals surface area contributed by atoms with Crippen molar-refractivity contribution in [2.24, 2.45) is 11.8 Å². The largest absolute Gasteiger partial charge is 0.446 e. The van der Waals surface area contributed by atoms with E-state index in [2.05, 4.69) is 56.2 Å². The molecule has 3 aromatic rings. The van der Waals surface area contributed by atoms with E-state index < -0.39 is 8.32 Å². The maximum absolute atomic E-state index is 13.4. The van der Waals surface area contributed by atoms with Crippen molar-refractivity contribution >= 4 is 26.0 Å². The smallest absolute Gasteiger partial charge is 0.411 e. The highest BCUT2D eigenvalue weighted by Crippen LogP contribution is 2.40. The van der Waals surface area contributed by atoms with Gasteiger partial charge in [-0.1, -0.05) is 81.4 Å². The van der Waals surface area contributed by atoms with Crippen molar-refractivity contribution in [3.63, 3.8) is 0 Å². The van der Waals surface area contributed by atoms with Gasteiger partial charge in [-0.15, -0.1) is 0 Å². The summed E-state index contributed by atoms with van der Waals surface area (Å²) in [6.07, 6.45) is 2.23. The fourth-order valence-electron chi connectivity index (χ4n) is 7.01. The number of carbonyl (C=O) groups excluding carboxylic acids is 2. The lowest BCUT2D eigenvalue weighted by molar-refractivity contribution is 0.0720. The molecule has 1 aliphatic carbocycles. The quantitative estimate of drug-likeness (QED) is 0.242. The normalized spacial score (nSPS) is 21.6. The van der Waals surface area contributed by atoms with Gasteiger partial charge in [0.2, 0.25) is 0 Å². The van der Waals surface area contributed by atoms with Crippen LogP contribution in [0.3, 0.4) is 0 Å². The zero-order valence-corrected chi connectivity index (χ0v) is 29.1. The maximum atomic E-state index is 13.4. The Labute approximate surface area is 275 Å². The highest BCUT2D eigenvalue weighted by atomic mass is 28.4. The molecule has 0 radical (unpaired) electrons. The number of benzene rings is 3. The number of anilines is 1. The lowest BCUT2D eigenvalue weighted by atomic mass is 9.97. The van der Waals surface area contributed by atoms with E-state index in [0.29, 0.717) is 18.4 Å². The molecule has 1 saturated carbocycles. The van der Waals surface area contributed by atoms with Crippen molar-refractivity contribution in [2.45, 2.75) is 70.9 Å². The van der Waals surface area contributed by atoms with Crippen molar-refractivity contribution in [1.29, 1.82) is 0 Å². The molecule has 3 aromatic carbocycles. The molecule has 0 bridgehead atoms. The number of ether oxygens (including phenoxy) is 1. The summed E-state index contributed by atoms with van der Waals surface area (Å²) >= 11 is 0. The molecule has 46 heavy (non-hydrogen) atoms. The third kappa shape index (κ3) is 7.24. The second kappa shape index (κ2) is 13.3. The monoisotopic (exact) mass is 639 g/mol. The molecule has 0 unspecified atom stereocenters. The highest BCUT2D eigenvalue weighted by Gasteiger charge is 2.42. The van der Waals surface area contributed by atoms with Crippen LogP contribution < -0.4 is 5.32 Å². The zero-order valence-electron chi connectivity index (χ0n) is 28.1. The molecule has 2 aliphatic heterocycles. The predicted molar refractivity (Wildman–Crippen MR) is 186 cm³/mol. The van der Waals surface area contributed by atoms with Gasteiger partial charge in [0.1, 0.15) is 6.10 Å². The van der Waals surface area contributed by atoms with Crippen molar-refractivity contribution in [3.8, 4) is 11.1 Å². The Balaban J connectivity index is 0.949. The molecule has 3 atom stereocenters. The molecule has 2 heterocycles. The van der Waals surface area contributed by atoms with Crippen LogP contribution in [0, 0.1) is 11.8 Å². The highest BCUT2D eigenvalue weighted by molar-refractivity contribution is 6.74. The zero-order chi connectivity index (χ0) is 32.5. The van der Waals surface area contributed by atoms with Crippen LogP contribution in [0.2, 0.25) is 18.1 Å². The number of rotatable bonds is 9. The summed E-state index contributed by atoms with van der Waals surface area (Å²) in [4.78, 5) is 30.8. The Bertz CT molecular complexity index is 1540. The summed E-state index contributed by atoms with van der Waals surface area (Å²) in [6, 6.07) is 24.1. The Morgan fingerprint density at radius 3 is 2.33 bits per heavy atom. The van der Waals surface area contributed by atoms with Crippen LogP contribution in [0.25, 0.3) is 11.1 Å². The number of carbonyl (C=O) groups is 2. The van der Waals surface area contributed by atoms with Gasteiger partial charge in [0.15, 0.2) is 8.32 Å². The lowest BCUT2D eigenvalue weighted by Gasteiger charge is -2.36. The summed E-state index contributed by atoms with van der Waals surface area (Å²) < 4.78 is 12.3. The fourth-order valence-corrected chi connectivity index (χ4v) is 7.97. The Morgan fingerprint density at radius 1 is 0.913 bits per heavy atom. The SMILES string of the molecule is CC(C)(C)[Si](C)(C)OCc1ccc2c(c1)CCN(CCN1C[C@H]3C[C@H](OC(=O)Nc4ccccc4-c4ccccc4)C[C@H]3C1)C2=O. The number of para-hydroxylation sites is 1. The molecular weight excluding hydrogens is 591 g/mol. The summed E-state index contributed by atoms with van der Waals surface area (Å²) in [7, 11) is -1.82. The number of amides is 2. The molecule has 7 nitrogen and oxygen atoms in total. The second-order valence-corrected chi connectivity index (χ2v) is 19.7. The van der Waals surface area contributed by atoms with Crippen LogP contribution >= 0.6 is 0 Å². The van der Waals surface area contributed by atoms with Crippen molar-refractivity contribution in [1.82, 2.24) is 9.80 Å². The Hall–Kier alpha value is -3.46. The first-order valence-corrected chi connectivity index (χ1v) is 19.8. The van der Waals surface area contributed by atoms with Crippen LogP contribution in [-0.4, -0.2) is 68.9 Å². The molecule has 2 amide bonds. The lowest BCUT2D eigenvalue weighted by Crippen LogP contribution is -2.42. The average Bonchev–Trinajstić information content (AvgIpc) is 3.58.